The van der Waals surface area contributed by atoms with E-state index in [9.17, 15) is 5.11 Å². The van der Waals surface area contributed by atoms with Crippen molar-refractivity contribution in [1.82, 2.24) is 0 Å². The minimum absolute atomic E-state index is 0.0996. The molecule has 2 heterocycles. The molecule has 3 heteroatoms. The largest absolute Gasteiger partial charge is 0.495 e. The number of aryl methyl sites for hydroxylation is 2. The van der Waals surface area contributed by atoms with Crippen molar-refractivity contribution in [2.75, 3.05) is 11.5 Å². The summed E-state index contributed by atoms with van der Waals surface area (Å²) >= 11 is 0. The fraction of sp³-hybridized carbons (Fsp3) is 0.600. The van der Waals surface area contributed by atoms with E-state index in [1.807, 2.05) is 6.08 Å². The van der Waals surface area contributed by atoms with Gasteiger partial charge in [0.15, 0.2) is 0 Å². The fourth-order valence-electron chi connectivity index (χ4n) is 6.62. The molecule has 3 nitrogen and oxygen atoms in total. The lowest BCUT2D eigenvalue weighted by Gasteiger charge is -2.37. The molecule has 2 aromatic carbocycles. The molecule has 3 atom stereocenters. The van der Waals surface area contributed by atoms with E-state index in [2.05, 4.69) is 117 Å². The van der Waals surface area contributed by atoms with Gasteiger partial charge < -0.3 is 14.7 Å². The maximum atomic E-state index is 11.1. The molecule has 43 heavy (non-hydrogen) atoms. The normalized spacial score (nSPS) is 19.0. The highest BCUT2D eigenvalue weighted by molar-refractivity contribution is 5.78. The first-order valence-electron chi connectivity index (χ1n) is 17.0. The molecule has 0 aromatic heterocycles. The second kappa shape index (κ2) is 13.6. The Balaban J connectivity index is 1.85. The number of aliphatic hydroxyl groups excluding tert-OH is 1. The monoisotopic (exact) mass is 585 g/mol. The predicted molar refractivity (Wildman–Crippen MR) is 185 cm³/mol. The summed E-state index contributed by atoms with van der Waals surface area (Å²) in [5.41, 5.74) is 9.54. The van der Waals surface area contributed by atoms with Gasteiger partial charge in [-0.2, -0.15) is 0 Å². The minimum atomic E-state index is -0.580. The third-order valence-electron chi connectivity index (χ3n) is 9.12. The van der Waals surface area contributed by atoms with E-state index in [0.717, 1.165) is 25.0 Å². The average Bonchev–Trinajstić information content (AvgIpc) is 3.25. The lowest BCUT2D eigenvalue weighted by Crippen LogP contribution is -2.32. The second-order valence-corrected chi connectivity index (χ2v) is 15.5. The molecule has 2 aliphatic heterocycles. The third kappa shape index (κ3) is 7.59. The maximum Gasteiger partial charge on any atom is 0.112 e. The quantitative estimate of drug-likeness (QED) is 0.252. The Bertz CT molecular complexity index is 1300. The molecule has 0 radical (unpaired) electrons. The molecular formula is C40H59NO2. The molecule has 2 aliphatic rings. The zero-order valence-corrected chi connectivity index (χ0v) is 28.9. The van der Waals surface area contributed by atoms with E-state index in [0.29, 0.717) is 12.5 Å². The van der Waals surface area contributed by atoms with Gasteiger partial charge in [0.05, 0.1) is 23.9 Å². The number of ether oxygens (including phenoxy) is 1. The molecule has 0 aliphatic carbocycles. The summed E-state index contributed by atoms with van der Waals surface area (Å²) in [5, 5.41) is 11.1. The summed E-state index contributed by atoms with van der Waals surface area (Å²) in [7, 11) is 0. The number of hydrogen-bond acceptors (Lipinski definition) is 3. The Morgan fingerprint density at radius 2 is 1.67 bits per heavy atom. The summed E-state index contributed by atoms with van der Waals surface area (Å²) in [6.45, 7) is 22.5. The zero-order valence-electron chi connectivity index (χ0n) is 28.9. The van der Waals surface area contributed by atoms with Gasteiger partial charge in [-0.3, -0.25) is 0 Å². The molecule has 0 saturated heterocycles. The second-order valence-electron chi connectivity index (χ2n) is 15.5. The van der Waals surface area contributed by atoms with Crippen molar-refractivity contribution in [3.63, 3.8) is 0 Å². The molecule has 0 fully saturated rings. The Morgan fingerprint density at radius 1 is 0.977 bits per heavy atom. The van der Waals surface area contributed by atoms with Crippen LogP contribution >= 0.6 is 0 Å². The third-order valence-corrected chi connectivity index (χ3v) is 9.12. The van der Waals surface area contributed by atoms with E-state index in [4.69, 9.17) is 4.74 Å². The molecule has 1 N–H and O–H groups in total. The van der Waals surface area contributed by atoms with Gasteiger partial charge in [0.2, 0.25) is 0 Å². The van der Waals surface area contributed by atoms with Crippen molar-refractivity contribution in [2.24, 2.45) is 16.7 Å². The standard InChI is InChI=1S/C40H59NO2/c1-11-13-16-28-23-30(17-14-12-2)38-32(24-28)34-21-20-31-29(22-27(3)4)18-15-19-33(31)41(34)35(38)26-43-37(40(8,9)10)25-36(42)39(5,6)7/h15,18-21,23-25,27,34-36,42H,11-14,16-17,22,26H2,1-10H3/b37-25-/t34?,35-,36?/m1/s1. The van der Waals surface area contributed by atoms with Crippen LogP contribution < -0.4 is 4.90 Å². The number of anilines is 1. The molecule has 0 spiro atoms. The van der Waals surface area contributed by atoms with Crippen molar-refractivity contribution in [3.8, 4) is 0 Å². The van der Waals surface area contributed by atoms with E-state index < -0.39 is 6.10 Å². The average molecular weight is 586 g/mol. The molecule has 236 valence electrons. The van der Waals surface area contributed by atoms with Crippen molar-refractivity contribution < 1.29 is 9.84 Å². The highest BCUT2D eigenvalue weighted by Gasteiger charge is 2.42. The van der Waals surface area contributed by atoms with Crippen LogP contribution in [-0.4, -0.2) is 17.8 Å². The number of hydrogen-bond donors (Lipinski definition) is 1. The molecule has 0 saturated carbocycles. The van der Waals surface area contributed by atoms with Gasteiger partial charge in [0.1, 0.15) is 6.61 Å². The van der Waals surface area contributed by atoms with Crippen LogP contribution in [0, 0.1) is 16.7 Å². The topological polar surface area (TPSA) is 32.7 Å². The van der Waals surface area contributed by atoms with Crippen LogP contribution in [-0.2, 0) is 24.0 Å². The molecule has 0 amide bonds. The number of rotatable bonds is 12. The Morgan fingerprint density at radius 3 is 2.30 bits per heavy atom. The lowest BCUT2D eigenvalue weighted by atomic mass is 9.85. The van der Waals surface area contributed by atoms with Gasteiger partial charge in [-0.25, -0.2) is 0 Å². The van der Waals surface area contributed by atoms with Crippen LogP contribution in [0.15, 0.2) is 48.2 Å². The number of nitrogens with zero attached hydrogens (tertiary/aromatic N) is 1. The first kappa shape index (κ1) is 33.4. The molecule has 2 aromatic rings. The van der Waals surface area contributed by atoms with Gasteiger partial charge >= 0.3 is 0 Å². The van der Waals surface area contributed by atoms with E-state index >= 15 is 0 Å². The van der Waals surface area contributed by atoms with Gasteiger partial charge in [0.25, 0.3) is 0 Å². The Kier molecular flexibility index (Phi) is 10.6. The number of allylic oxidation sites excluding steroid dienone is 1. The number of unbranched alkanes of at least 4 members (excludes halogenated alkanes) is 2. The van der Waals surface area contributed by atoms with E-state index in [-0.39, 0.29) is 22.9 Å². The van der Waals surface area contributed by atoms with Crippen molar-refractivity contribution in [2.45, 2.75) is 132 Å². The van der Waals surface area contributed by atoms with Crippen LogP contribution in [0.3, 0.4) is 0 Å². The Hall–Kier alpha value is -2.52. The van der Waals surface area contributed by atoms with Crippen LogP contribution in [0.1, 0.15) is 140 Å². The predicted octanol–water partition coefficient (Wildman–Crippen LogP) is 10.6. The molecule has 2 unspecified atom stereocenters. The molecule has 4 rings (SSSR count). The number of fused-ring (bicyclic) bond motifs is 5. The van der Waals surface area contributed by atoms with Crippen LogP contribution in [0.5, 0.6) is 0 Å². The first-order valence-corrected chi connectivity index (χ1v) is 17.0. The van der Waals surface area contributed by atoms with Crippen LogP contribution in [0.2, 0.25) is 0 Å². The summed E-state index contributed by atoms with van der Waals surface area (Å²) in [4.78, 5) is 2.66. The minimum Gasteiger partial charge on any atom is -0.495 e. The van der Waals surface area contributed by atoms with Crippen molar-refractivity contribution in [3.05, 3.63) is 81.6 Å². The summed E-state index contributed by atoms with van der Waals surface area (Å²) in [6.07, 6.45) is 14.3. The SMILES string of the molecule is CCCCc1cc(CCCC)c2c(c1)C1C=Cc3c(CC(C)C)cccc3N1[C@@H]2CO/C(=C\C(O)C(C)(C)C)C(C)(C)C. The van der Waals surface area contributed by atoms with E-state index in [1.165, 1.54) is 64.8 Å². The lowest BCUT2D eigenvalue weighted by molar-refractivity contribution is 0.0863. The van der Waals surface area contributed by atoms with Crippen LogP contribution in [0.4, 0.5) is 5.69 Å². The first-order chi connectivity index (χ1) is 20.3. The van der Waals surface area contributed by atoms with Crippen molar-refractivity contribution in [1.29, 1.82) is 0 Å². The number of benzene rings is 2. The van der Waals surface area contributed by atoms with Crippen molar-refractivity contribution >= 4 is 11.8 Å². The fourth-order valence-corrected chi connectivity index (χ4v) is 6.62. The Labute approximate surface area is 263 Å². The smallest absolute Gasteiger partial charge is 0.112 e. The number of aliphatic hydroxyl groups is 1. The highest BCUT2D eigenvalue weighted by Crippen LogP contribution is 2.52. The summed E-state index contributed by atoms with van der Waals surface area (Å²) < 4.78 is 6.86. The molecular weight excluding hydrogens is 526 g/mol. The van der Waals surface area contributed by atoms with Gasteiger partial charge in [-0.15, -0.1) is 0 Å². The van der Waals surface area contributed by atoms with Gasteiger partial charge in [-0.05, 0) is 83.4 Å². The van der Waals surface area contributed by atoms with Gasteiger partial charge in [-0.1, -0.05) is 118 Å². The highest BCUT2D eigenvalue weighted by atomic mass is 16.5. The van der Waals surface area contributed by atoms with E-state index in [1.54, 1.807) is 0 Å². The summed E-state index contributed by atoms with van der Waals surface area (Å²) in [5.74, 6) is 1.47. The maximum absolute atomic E-state index is 11.1. The zero-order chi connectivity index (χ0) is 31.5. The van der Waals surface area contributed by atoms with Gasteiger partial charge in [0, 0.05) is 16.7 Å². The van der Waals surface area contributed by atoms with Crippen LogP contribution in [0.25, 0.3) is 6.08 Å². The molecule has 0 bridgehead atoms. The summed E-state index contributed by atoms with van der Waals surface area (Å²) in [6, 6.07) is 12.2.